The highest BCUT2D eigenvalue weighted by Gasteiger charge is 2.26. The molecule has 0 saturated carbocycles. The van der Waals surface area contributed by atoms with Crippen molar-refractivity contribution in [2.45, 2.75) is 52.0 Å². The summed E-state index contributed by atoms with van der Waals surface area (Å²) in [6, 6.07) is 9.21. The first-order valence-electron chi connectivity index (χ1n) is 10.2. The molecule has 3 aromatic rings. The number of benzene rings is 1. The van der Waals surface area contributed by atoms with Gasteiger partial charge < -0.3 is 14.0 Å². The van der Waals surface area contributed by atoms with Crippen molar-refractivity contribution >= 4 is 10.9 Å². The van der Waals surface area contributed by atoms with Gasteiger partial charge in [-0.3, -0.25) is 0 Å². The molecule has 1 aliphatic heterocycles. The van der Waals surface area contributed by atoms with Gasteiger partial charge in [0, 0.05) is 43.2 Å². The lowest BCUT2D eigenvalue weighted by molar-refractivity contribution is 0.327. The van der Waals surface area contributed by atoms with Gasteiger partial charge in [-0.2, -0.15) is 0 Å². The van der Waals surface area contributed by atoms with Gasteiger partial charge in [-0.05, 0) is 64.3 Å². The Morgan fingerprint density at radius 2 is 2.00 bits per heavy atom. The fourth-order valence-corrected chi connectivity index (χ4v) is 4.70. The van der Waals surface area contributed by atoms with Crippen molar-refractivity contribution in [3.63, 3.8) is 0 Å². The second kappa shape index (κ2) is 7.47. The predicted molar refractivity (Wildman–Crippen MR) is 110 cm³/mol. The van der Waals surface area contributed by atoms with E-state index in [1.165, 1.54) is 36.0 Å². The van der Waals surface area contributed by atoms with Crippen LogP contribution in [0.3, 0.4) is 0 Å². The van der Waals surface area contributed by atoms with E-state index in [4.69, 9.17) is 0 Å². The molecule has 5 nitrogen and oxygen atoms in total. The van der Waals surface area contributed by atoms with Crippen molar-refractivity contribution in [3.8, 4) is 0 Å². The molecule has 0 N–H and O–H groups in total. The zero-order valence-electron chi connectivity index (χ0n) is 17.0. The van der Waals surface area contributed by atoms with Gasteiger partial charge in [0.1, 0.15) is 11.6 Å². The average molecular weight is 366 g/mol. The molecule has 1 saturated heterocycles. The molecule has 2 aromatic heterocycles. The van der Waals surface area contributed by atoms with E-state index < -0.39 is 0 Å². The molecule has 1 aromatic carbocycles. The average Bonchev–Trinajstić information content (AvgIpc) is 3.34. The number of aromatic nitrogens is 4. The highest BCUT2D eigenvalue weighted by atomic mass is 15.3. The summed E-state index contributed by atoms with van der Waals surface area (Å²) < 4.78 is 4.54. The van der Waals surface area contributed by atoms with Gasteiger partial charge >= 0.3 is 0 Å². The quantitative estimate of drug-likeness (QED) is 0.661. The topological polar surface area (TPSA) is 38.9 Å². The maximum atomic E-state index is 4.39. The van der Waals surface area contributed by atoms with Gasteiger partial charge in [-0.25, -0.2) is 0 Å². The van der Waals surface area contributed by atoms with Crippen molar-refractivity contribution in [2.75, 3.05) is 19.6 Å². The number of hydrogen-bond donors (Lipinski definition) is 0. The van der Waals surface area contributed by atoms with Gasteiger partial charge in [0.15, 0.2) is 0 Å². The molecular formula is C22H31N5. The standard InChI is InChI=1S/C22H31N5/c1-16(2)27-17(3)23-24-22(27)10-7-12-26-13-11-18(14-26)20-15-25(4)21-9-6-5-8-19(20)21/h5-6,8-9,15-16,18H,7,10-14H2,1-4H3. The Labute approximate surface area is 162 Å². The number of rotatable bonds is 6. The molecule has 1 fully saturated rings. The Hall–Kier alpha value is -2.14. The van der Waals surface area contributed by atoms with Crippen LogP contribution in [0.5, 0.6) is 0 Å². The molecule has 0 aliphatic carbocycles. The van der Waals surface area contributed by atoms with E-state index in [1.807, 2.05) is 6.92 Å². The summed E-state index contributed by atoms with van der Waals surface area (Å²) in [4.78, 5) is 2.62. The lowest BCUT2D eigenvalue weighted by atomic mass is 9.98. The summed E-state index contributed by atoms with van der Waals surface area (Å²) in [5.41, 5.74) is 2.86. The second-order valence-corrected chi connectivity index (χ2v) is 8.23. The fourth-order valence-electron chi connectivity index (χ4n) is 4.70. The highest BCUT2D eigenvalue weighted by molar-refractivity contribution is 5.84. The summed E-state index contributed by atoms with van der Waals surface area (Å²) >= 11 is 0. The zero-order chi connectivity index (χ0) is 19.0. The predicted octanol–water partition coefficient (Wildman–Crippen LogP) is 4.08. The Morgan fingerprint density at radius 3 is 2.81 bits per heavy atom. The summed E-state index contributed by atoms with van der Waals surface area (Å²) in [5, 5.41) is 10.1. The molecule has 1 atom stereocenters. The van der Waals surface area contributed by atoms with Crippen molar-refractivity contribution in [2.24, 2.45) is 7.05 Å². The summed E-state index contributed by atoms with van der Waals surface area (Å²) in [6.07, 6.45) is 5.75. The van der Waals surface area contributed by atoms with Crippen LogP contribution in [0.15, 0.2) is 30.5 Å². The van der Waals surface area contributed by atoms with Crippen LogP contribution in [0.1, 0.15) is 55.9 Å². The van der Waals surface area contributed by atoms with Gasteiger partial charge in [-0.1, -0.05) is 18.2 Å². The third kappa shape index (κ3) is 3.53. The molecule has 0 spiro atoms. The highest BCUT2D eigenvalue weighted by Crippen LogP contribution is 2.33. The number of nitrogens with zero attached hydrogens (tertiary/aromatic N) is 5. The van der Waals surface area contributed by atoms with E-state index >= 15 is 0 Å². The van der Waals surface area contributed by atoms with Gasteiger partial charge in [0.25, 0.3) is 0 Å². The summed E-state index contributed by atoms with van der Waals surface area (Å²) in [5.74, 6) is 2.81. The minimum absolute atomic E-state index is 0.428. The van der Waals surface area contributed by atoms with E-state index in [2.05, 4.69) is 75.6 Å². The van der Waals surface area contributed by atoms with Crippen LogP contribution in [-0.4, -0.2) is 43.9 Å². The zero-order valence-corrected chi connectivity index (χ0v) is 17.0. The van der Waals surface area contributed by atoms with Crippen LogP contribution >= 0.6 is 0 Å². The first-order valence-corrected chi connectivity index (χ1v) is 10.2. The molecule has 1 aliphatic rings. The van der Waals surface area contributed by atoms with Gasteiger partial charge in [-0.15, -0.1) is 10.2 Å². The SMILES string of the molecule is Cc1nnc(CCCN2CCC(c3cn(C)c4ccccc34)C2)n1C(C)C. The largest absolute Gasteiger partial charge is 0.350 e. The molecule has 144 valence electrons. The molecule has 5 heteroatoms. The van der Waals surface area contributed by atoms with Crippen LogP contribution in [0.4, 0.5) is 0 Å². The number of aryl methyl sites for hydroxylation is 3. The van der Waals surface area contributed by atoms with Crippen molar-refractivity contribution in [3.05, 3.63) is 47.7 Å². The van der Waals surface area contributed by atoms with E-state index in [0.29, 0.717) is 12.0 Å². The van der Waals surface area contributed by atoms with E-state index in [-0.39, 0.29) is 0 Å². The lowest BCUT2D eigenvalue weighted by Crippen LogP contribution is -2.22. The monoisotopic (exact) mass is 365 g/mol. The summed E-state index contributed by atoms with van der Waals surface area (Å²) in [7, 11) is 2.16. The number of hydrogen-bond acceptors (Lipinski definition) is 3. The van der Waals surface area contributed by atoms with E-state index in [0.717, 1.165) is 31.0 Å². The maximum absolute atomic E-state index is 4.39. The normalized spacial score (nSPS) is 18.2. The van der Waals surface area contributed by atoms with Crippen molar-refractivity contribution in [1.29, 1.82) is 0 Å². The smallest absolute Gasteiger partial charge is 0.133 e. The molecule has 27 heavy (non-hydrogen) atoms. The molecule has 0 bridgehead atoms. The molecule has 3 heterocycles. The first-order chi connectivity index (χ1) is 13.0. The molecular weight excluding hydrogens is 334 g/mol. The molecule has 4 rings (SSSR count). The van der Waals surface area contributed by atoms with Gasteiger partial charge in [0.05, 0.1) is 0 Å². The minimum atomic E-state index is 0.428. The van der Waals surface area contributed by atoms with Crippen LogP contribution in [0.25, 0.3) is 10.9 Å². The van der Waals surface area contributed by atoms with Gasteiger partial charge in [0.2, 0.25) is 0 Å². The number of fused-ring (bicyclic) bond motifs is 1. The first kappa shape index (κ1) is 18.2. The number of likely N-dealkylation sites (tertiary alicyclic amines) is 1. The third-order valence-corrected chi connectivity index (χ3v) is 5.97. The molecule has 0 radical (unpaired) electrons. The lowest BCUT2D eigenvalue weighted by Gasteiger charge is -2.17. The second-order valence-electron chi connectivity index (χ2n) is 8.23. The van der Waals surface area contributed by atoms with Crippen molar-refractivity contribution < 1.29 is 0 Å². The Morgan fingerprint density at radius 1 is 1.19 bits per heavy atom. The fraction of sp³-hybridized carbons (Fsp3) is 0.545. The molecule has 0 amide bonds. The van der Waals surface area contributed by atoms with Crippen LogP contribution in [-0.2, 0) is 13.5 Å². The maximum Gasteiger partial charge on any atom is 0.133 e. The van der Waals surface area contributed by atoms with Crippen LogP contribution in [0.2, 0.25) is 0 Å². The Balaban J connectivity index is 1.36. The minimum Gasteiger partial charge on any atom is -0.350 e. The van der Waals surface area contributed by atoms with E-state index in [1.54, 1.807) is 0 Å². The van der Waals surface area contributed by atoms with Crippen molar-refractivity contribution in [1.82, 2.24) is 24.2 Å². The third-order valence-electron chi connectivity index (χ3n) is 5.97. The Kier molecular flexibility index (Phi) is 5.04. The Bertz CT molecular complexity index is 920. The molecule has 1 unspecified atom stereocenters. The van der Waals surface area contributed by atoms with E-state index in [9.17, 15) is 0 Å². The summed E-state index contributed by atoms with van der Waals surface area (Å²) in [6.45, 7) is 9.97. The van der Waals surface area contributed by atoms with Crippen LogP contribution in [0, 0.1) is 6.92 Å². The number of para-hydroxylation sites is 1. The van der Waals surface area contributed by atoms with Crippen LogP contribution < -0.4 is 0 Å².